The summed E-state index contributed by atoms with van der Waals surface area (Å²) in [7, 11) is 0. The smallest absolute Gasteiger partial charge is 0.240 e. The van der Waals surface area contributed by atoms with Crippen molar-refractivity contribution in [2.45, 2.75) is 26.4 Å². The number of hydrazone groups is 1. The van der Waals surface area contributed by atoms with Crippen LogP contribution < -0.4 is 20.2 Å². The fourth-order valence-corrected chi connectivity index (χ4v) is 4.31. The topological polar surface area (TPSA) is 89.0 Å². The van der Waals surface area contributed by atoms with Crippen molar-refractivity contribution in [3.05, 3.63) is 85.3 Å². The van der Waals surface area contributed by atoms with Crippen molar-refractivity contribution in [2.75, 3.05) is 11.9 Å². The molecular formula is C26H23BrCl3N3O4. The van der Waals surface area contributed by atoms with Crippen LogP contribution in [0.2, 0.25) is 15.1 Å². The molecule has 0 atom stereocenters. The number of ether oxygens (including phenoxy) is 2. The number of halogens is 4. The minimum absolute atomic E-state index is 0.0176. The summed E-state index contributed by atoms with van der Waals surface area (Å²) >= 11 is 21.7. The maximum absolute atomic E-state index is 12.1. The quantitative estimate of drug-likeness (QED) is 0.173. The van der Waals surface area contributed by atoms with E-state index in [0.717, 1.165) is 5.56 Å². The number of carbonyl (C=O) groups excluding carboxylic acids is 2. The van der Waals surface area contributed by atoms with Gasteiger partial charge in [0.2, 0.25) is 11.8 Å². The third kappa shape index (κ3) is 8.93. The van der Waals surface area contributed by atoms with Crippen LogP contribution in [0.5, 0.6) is 11.5 Å². The Balaban J connectivity index is 1.57. The van der Waals surface area contributed by atoms with Crippen LogP contribution in [0.15, 0.2) is 64.2 Å². The summed E-state index contributed by atoms with van der Waals surface area (Å²) in [4.78, 5) is 24.2. The highest BCUT2D eigenvalue weighted by Gasteiger charge is 2.14. The lowest BCUT2D eigenvalue weighted by Gasteiger charge is -2.15. The molecule has 3 aromatic carbocycles. The van der Waals surface area contributed by atoms with Crippen LogP contribution in [0.1, 0.15) is 30.9 Å². The summed E-state index contributed by atoms with van der Waals surface area (Å²) in [6, 6.07) is 15.6. The van der Waals surface area contributed by atoms with E-state index in [1.807, 2.05) is 6.92 Å². The minimum Gasteiger partial charge on any atom is -0.490 e. The fourth-order valence-electron chi connectivity index (χ4n) is 3.09. The zero-order valence-electron chi connectivity index (χ0n) is 19.7. The second-order valence-electron chi connectivity index (χ2n) is 7.61. The Labute approximate surface area is 238 Å². The highest BCUT2D eigenvalue weighted by molar-refractivity contribution is 9.10. The Morgan fingerprint density at radius 3 is 2.46 bits per heavy atom. The molecule has 0 spiro atoms. The third-order valence-electron chi connectivity index (χ3n) is 4.85. The van der Waals surface area contributed by atoms with E-state index in [9.17, 15) is 9.59 Å². The Morgan fingerprint density at radius 1 is 0.973 bits per heavy atom. The Morgan fingerprint density at radius 2 is 1.73 bits per heavy atom. The fraction of sp³-hybridized carbons (Fsp3) is 0.192. The Kier molecular flexibility index (Phi) is 11.1. The molecule has 0 aliphatic carbocycles. The van der Waals surface area contributed by atoms with E-state index >= 15 is 0 Å². The molecule has 0 radical (unpaired) electrons. The second-order valence-corrected chi connectivity index (χ2v) is 9.71. The van der Waals surface area contributed by atoms with Crippen molar-refractivity contribution in [3.63, 3.8) is 0 Å². The summed E-state index contributed by atoms with van der Waals surface area (Å²) in [6.45, 7) is 2.48. The van der Waals surface area contributed by atoms with Gasteiger partial charge in [0.15, 0.2) is 11.5 Å². The van der Waals surface area contributed by atoms with Crippen molar-refractivity contribution < 1.29 is 19.1 Å². The summed E-state index contributed by atoms with van der Waals surface area (Å²) in [6.07, 6.45) is 1.41. The standard InChI is InChI=1S/C26H23BrCl3N3O4/c1-2-36-23-12-16(11-19(27)26(23)37-15-17-7-8-18(28)13-21(17)30)14-31-33-25(35)10-9-24(34)32-22-6-4-3-5-20(22)29/h3-8,11-14H,2,9-10,15H2,1H3,(H,32,34)(H,33,35). The van der Waals surface area contributed by atoms with E-state index in [1.165, 1.54) is 6.21 Å². The predicted octanol–water partition coefficient (Wildman–Crippen LogP) is 7.26. The van der Waals surface area contributed by atoms with Gasteiger partial charge < -0.3 is 14.8 Å². The number of nitrogens with zero attached hydrogens (tertiary/aromatic N) is 1. The van der Waals surface area contributed by atoms with Gasteiger partial charge in [0.1, 0.15) is 6.61 Å². The maximum Gasteiger partial charge on any atom is 0.240 e. The molecule has 2 amide bonds. The van der Waals surface area contributed by atoms with Crippen LogP contribution in [0, 0.1) is 0 Å². The van der Waals surface area contributed by atoms with Crippen LogP contribution in [0.25, 0.3) is 0 Å². The molecule has 194 valence electrons. The Bertz CT molecular complexity index is 1300. The van der Waals surface area contributed by atoms with Gasteiger partial charge in [-0.3, -0.25) is 9.59 Å². The zero-order chi connectivity index (χ0) is 26.8. The normalized spacial score (nSPS) is 10.8. The van der Waals surface area contributed by atoms with Crippen LogP contribution >= 0.6 is 50.7 Å². The van der Waals surface area contributed by atoms with Gasteiger partial charge in [-0.2, -0.15) is 5.10 Å². The molecule has 0 heterocycles. The zero-order valence-corrected chi connectivity index (χ0v) is 23.5. The van der Waals surface area contributed by atoms with Gasteiger partial charge >= 0.3 is 0 Å². The first-order chi connectivity index (χ1) is 17.8. The van der Waals surface area contributed by atoms with Crippen LogP contribution in [-0.4, -0.2) is 24.6 Å². The highest BCUT2D eigenvalue weighted by atomic mass is 79.9. The van der Waals surface area contributed by atoms with Crippen molar-refractivity contribution >= 4 is 74.4 Å². The van der Waals surface area contributed by atoms with Crippen molar-refractivity contribution in [1.29, 1.82) is 0 Å². The van der Waals surface area contributed by atoms with E-state index in [4.69, 9.17) is 44.3 Å². The minimum atomic E-state index is -0.408. The predicted molar refractivity (Wildman–Crippen MR) is 151 cm³/mol. The first kappa shape index (κ1) is 28.8. The number of nitrogens with one attached hydrogen (secondary N) is 2. The lowest BCUT2D eigenvalue weighted by molar-refractivity contribution is -0.124. The van der Waals surface area contributed by atoms with Gasteiger partial charge in [0.05, 0.1) is 28.0 Å². The number of benzene rings is 3. The van der Waals surface area contributed by atoms with Gasteiger partial charge in [0.25, 0.3) is 0 Å². The first-order valence-corrected chi connectivity index (χ1v) is 13.1. The third-order valence-corrected chi connectivity index (χ3v) is 6.35. The lowest BCUT2D eigenvalue weighted by atomic mass is 10.2. The molecule has 0 aliphatic heterocycles. The van der Waals surface area contributed by atoms with Gasteiger partial charge in [-0.05, 0) is 64.8 Å². The Hall–Kier alpha value is -2.78. The van der Waals surface area contributed by atoms with Crippen molar-refractivity contribution in [2.24, 2.45) is 5.10 Å². The molecule has 2 N–H and O–H groups in total. The number of anilines is 1. The molecule has 0 aliphatic rings. The van der Waals surface area contributed by atoms with Crippen molar-refractivity contribution in [1.82, 2.24) is 5.43 Å². The van der Waals surface area contributed by atoms with E-state index in [0.29, 0.717) is 48.9 Å². The number of amides is 2. The second kappa shape index (κ2) is 14.2. The molecule has 3 aromatic rings. The molecular weight excluding hydrogens is 605 g/mol. The molecule has 0 aromatic heterocycles. The molecule has 0 saturated heterocycles. The van der Waals surface area contributed by atoms with E-state index < -0.39 is 5.91 Å². The van der Waals surface area contributed by atoms with Gasteiger partial charge in [-0.1, -0.05) is 53.0 Å². The number of rotatable bonds is 11. The number of hydrogen-bond acceptors (Lipinski definition) is 5. The highest BCUT2D eigenvalue weighted by Crippen LogP contribution is 2.37. The average Bonchev–Trinajstić information content (AvgIpc) is 2.85. The van der Waals surface area contributed by atoms with Gasteiger partial charge in [-0.15, -0.1) is 0 Å². The molecule has 0 fully saturated rings. The monoisotopic (exact) mass is 625 g/mol. The SMILES string of the molecule is CCOc1cc(C=NNC(=O)CCC(=O)Nc2ccccc2Cl)cc(Br)c1OCc1ccc(Cl)cc1Cl. The molecule has 0 bridgehead atoms. The molecule has 3 rings (SSSR count). The number of para-hydroxylation sites is 1. The van der Waals surface area contributed by atoms with Crippen LogP contribution in [0.3, 0.4) is 0 Å². The van der Waals surface area contributed by atoms with E-state index in [1.54, 1.807) is 54.6 Å². The average molecular weight is 628 g/mol. The largest absolute Gasteiger partial charge is 0.490 e. The van der Waals surface area contributed by atoms with E-state index in [2.05, 4.69) is 31.8 Å². The number of hydrogen-bond donors (Lipinski definition) is 2. The van der Waals surface area contributed by atoms with Gasteiger partial charge in [0, 0.05) is 28.5 Å². The summed E-state index contributed by atoms with van der Waals surface area (Å²) in [5.41, 5.74) is 4.34. The molecule has 0 unspecified atom stereocenters. The number of carbonyl (C=O) groups is 2. The summed E-state index contributed by atoms with van der Waals surface area (Å²) in [5.74, 6) is 0.256. The van der Waals surface area contributed by atoms with Crippen molar-refractivity contribution in [3.8, 4) is 11.5 Å². The molecule has 7 nitrogen and oxygen atoms in total. The van der Waals surface area contributed by atoms with Crippen LogP contribution in [0.4, 0.5) is 5.69 Å². The van der Waals surface area contributed by atoms with E-state index in [-0.39, 0.29) is 25.4 Å². The maximum atomic E-state index is 12.1. The van der Waals surface area contributed by atoms with Crippen LogP contribution in [-0.2, 0) is 16.2 Å². The molecule has 0 saturated carbocycles. The lowest BCUT2D eigenvalue weighted by Crippen LogP contribution is -2.20. The first-order valence-electron chi connectivity index (χ1n) is 11.2. The van der Waals surface area contributed by atoms with Gasteiger partial charge in [-0.25, -0.2) is 5.43 Å². The molecule has 11 heteroatoms. The molecule has 37 heavy (non-hydrogen) atoms. The summed E-state index contributed by atoms with van der Waals surface area (Å²) in [5, 5.41) is 8.12. The summed E-state index contributed by atoms with van der Waals surface area (Å²) < 4.78 is 12.3.